The van der Waals surface area contributed by atoms with E-state index in [1.54, 1.807) is 0 Å². The average Bonchev–Trinajstić information content (AvgIpc) is 1.84. The second kappa shape index (κ2) is 4.76. The summed E-state index contributed by atoms with van der Waals surface area (Å²) in [5.74, 6) is 0. The van der Waals surface area contributed by atoms with Gasteiger partial charge >= 0.3 is 75.6 Å². The molecule has 0 amide bonds. The normalized spacial score (nSPS) is 25.8. The van der Waals surface area contributed by atoms with Crippen LogP contribution in [0.1, 0.15) is 0 Å². The van der Waals surface area contributed by atoms with E-state index in [-0.39, 0.29) is 0 Å². The average molecular weight is 272 g/mol. The van der Waals surface area contributed by atoms with Crippen molar-refractivity contribution in [3.05, 3.63) is 0 Å². The van der Waals surface area contributed by atoms with E-state index in [9.17, 15) is 0 Å². The van der Waals surface area contributed by atoms with Crippen LogP contribution in [-0.4, -0.2) is 75.6 Å². The molecule has 0 bridgehead atoms. The second-order valence-electron chi connectivity index (χ2n) is 2.64. The molecule has 0 aromatic heterocycles. The summed E-state index contributed by atoms with van der Waals surface area (Å²) in [6.45, 7) is 0. The van der Waals surface area contributed by atoms with E-state index >= 15 is 0 Å². The van der Waals surface area contributed by atoms with Gasteiger partial charge in [0, 0.05) is 0 Å². The van der Waals surface area contributed by atoms with Crippen LogP contribution in [0.3, 0.4) is 0 Å². The maximum absolute atomic E-state index is 2.48. The van der Waals surface area contributed by atoms with Crippen LogP contribution in [0.5, 0.6) is 0 Å². The zero-order chi connectivity index (χ0) is 7.40. The van der Waals surface area contributed by atoms with Crippen molar-refractivity contribution in [3.8, 4) is 0 Å². The fourth-order valence-electron chi connectivity index (χ4n) is 0.780. The van der Waals surface area contributed by atoms with Gasteiger partial charge in [-0.25, -0.2) is 0 Å². The molecule has 0 saturated carbocycles. The molecule has 10 heavy (non-hydrogen) atoms. The second-order valence-corrected chi connectivity index (χ2v) is 6.52. The van der Waals surface area contributed by atoms with Crippen molar-refractivity contribution in [3.63, 3.8) is 0 Å². The third-order valence-corrected chi connectivity index (χ3v) is 6.48. The first kappa shape index (κ1) is 9.05. The molecule has 0 unspecified atom stereocenters. The third-order valence-electron chi connectivity index (χ3n) is 1.25. The molecule has 1 heterocycles. The van der Waals surface area contributed by atoms with Gasteiger partial charge in [0.05, 0.1) is 0 Å². The van der Waals surface area contributed by atoms with Crippen LogP contribution < -0.4 is 0 Å². The van der Waals surface area contributed by atoms with E-state index in [4.69, 9.17) is 0 Å². The quantitative estimate of drug-likeness (QED) is 0.527. The fourth-order valence-corrected chi connectivity index (χ4v) is 5.68. The fraction of sp³-hybridized carbons (Fsp3) is 1.00. The van der Waals surface area contributed by atoms with Gasteiger partial charge in [-0.2, -0.15) is 0 Å². The van der Waals surface area contributed by atoms with Crippen LogP contribution in [0.25, 0.3) is 0 Å². The predicted octanol–water partition coefficient (Wildman–Crippen LogP) is -0.898. The van der Waals surface area contributed by atoms with Gasteiger partial charge in [-0.15, -0.1) is 0 Å². The molecule has 1 fully saturated rings. The molecule has 1 rings (SSSR count). The Bertz CT molecular complexity index is 79.7. The summed E-state index contributed by atoms with van der Waals surface area (Å²) in [6, 6.07) is 0. The van der Waals surface area contributed by atoms with Crippen LogP contribution in [0.15, 0.2) is 0 Å². The van der Waals surface area contributed by atoms with E-state index < -0.39 is 0 Å². The molecular formula is C6H14N2Se2. The minimum absolute atomic E-state index is 0.833. The number of hydrogen-bond donors (Lipinski definition) is 0. The molecule has 0 spiro atoms. The van der Waals surface area contributed by atoms with Crippen molar-refractivity contribution in [2.45, 2.75) is 0 Å². The SMILES string of the molecule is CN1C[Se]CN(C)C[Se]C1. The van der Waals surface area contributed by atoms with Crippen LogP contribution >= 0.6 is 0 Å². The van der Waals surface area contributed by atoms with Crippen LogP contribution in [0, 0.1) is 0 Å². The van der Waals surface area contributed by atoms with Crippen molar-refractivity contribution in [1.29, 1.82) is 0 Å². The molecule has 0 radical (unpaired) electrons. The first-order valence-corrected chi connectivity index (χ1v) is 8.16. The molecule has 60 valence electrons. The first-order chi connectivity index (χ1) is 4.79. The Morgan fingerprint density at radius 2 is 1.10 bits per heavy atom. The summed E-state index contributed by atoms with van der Waals surface area (Å²) in [5.41, 5.74) is 5.39. The molecule has 1 aliphatic heterocycles. The predicted molar refractivity (Wildman–Crippen MR) is 46.5 cm³/mol. The first-order valence-electron chi connectivity index (χ1n) is 3.31. The van der Waals surface area contributed by atoms with Gasteiger partial charge in [-0.3, -0.25) is 0 Å². The van der Waals surface area contributed by atoms with E-state index in [1.807, 2.05) is 0 Å². The molecule has 0 aliphatic carbocycles. The number of rotatable bonds is 0. The molecule has 2 nitrogen and oxygen atoms in total. The van der Waals surface area contributed by atoms with Crippen molar-refractivity contribution < 1.29 is 0 Å². The molecule has 0 atom stereocenters. The van der Waals surface area contributed by atoms with E-state index in [0.717, 1.165) is 29.9 Å². The van der Waals surface area contributed by atoms with Crippen LogP contribution in [-0.2, 0) is 0 Å². The van der Waals surface area contributed by atoms with Gasteiger partial charge in [0.25, 0.3) is 0 Å². The van der Waals surface area contributed by atoms with Gasteiger partial charge in [-0.05, 0) is 0 Å². The summed E-state index contributed by atoms with van der Waals surface area (Å²) in [5, 5.41) is 0. The maximum atomic E-state index is 2.48. The summed E-state index contributed by atoms with van der Waals surface area (Å²) < 4.78 is 0. The Kier molecular flexibility index (Phi) is 4.31. The zero-order valence-electron chi connectivity index (χ0n) is 6.54. The van der Waals surface area contributed by atoms with Gasteiger partial charge in [-0.1, -0.05) is 0 Å². The summed E-state index contributed by atoms with van der Waals surface area (Å²) in [7, 11) is 4.49. The Morgan fingerprint density at radius 1 is 0.800 bits per heavy atom. The molecule has 0 aromatic carbocycles. The Morgan fingerprint density at radius 3 is 1.40 bits per heavy atom. The standard InChI is InChI=1S/C6H14N2Se2/c1-7-3-9-5-8(2)6-10-4-7/h3-6H2,1-2H3. The molecule has 4 heteroatoms. The molecule has 1 saturated heterocycles. The van der Waals surface area contributed by atoms with E-state index in [2.05, 4.69) is 23.9 Å². The van der Waals surface area contributed by atoms with Gasteiger partial charge < -0.3 is 0 Å². The minimum atomic E-state index is 0.833. The van der Waals surface area contributed by atoms with Crippen molar-refractivity contribution >= 4 is 29.9 Å². The van der Waals surface area contributed by atoms with Gasteiger partial charge in [0.15, 0.2) is 0 Å². The monoisotopic (exact) mass is 274 g/mol. The van der Waals surface area contributed by atoms with Crippen LogP contribution in [0.2, 0.25) is 0 Å². The number of nitrogens with zero attached hydrogens (tertiary/aromatic N) is 2. The van der Waals surface area contributed by atoms with E-state index in [0.29, 0.717) is 0 Å². The summed E-state index contributed by atoms with van der Waals surface area (Å²) >= 11 is 1.67. The third kappa shape index (κ3) is 3.38. The Balaban J connectivity index is 2.21. The Labute approximate surface area is 75.6 Å². The van der Waals surface area contributed by atoms with Crippen molar-refractivity contribution in [1.82, 2.24) is 9.80 Å². The zero-order valence-corrected chi connectivity index (χ0v) is 9.97. The number of hydrogen-bond acceptors (Lipinski definition) is 2. The van der Waals surface area contributed by atoms with E-state index in [1.165, 1.54) is 21.8 Å². The molecule has 0 aromatic rings. The molecular weight excluding hydrogens is 258 g/mol. The summed E-state index contributed by atoms with van der Waals surface area (Å²) in [6.07, 6.45) is 0. The van der Waals surface area contributed by atoms with Gasteiger partial charge in [0.2, 0.25) is 0 Å². The Hall–Kier alpha value is 0.959. The van der Waals surface area contributed by atoms with Crippen molar-refractivity contribution in [2.24, 2.45) is 0 Å². The topological polar surface area (TPSA) is 6.48 Å². The molecule has 1 aliphatic rings. The molecule has 0 N–H and O–H groups in total. The van der Waals surface area contributed by atoms with Crippen molar-refractivity contribution in [2.75, 3.05) is 35.9 Å². The van der Waals surface area contributed by atoms with Crippen LogP contribution in [0.4, 0.5) is 0 Å². The summed E-state index contributed by atoms with van der Waals surface area (Å²) in [4.78, 5) is 4.96. The van der Waals surface area contributed by atoms with Gasteiger partial charge in [0.1, 0.15) is 0 Å².